The molecule has 1 N–H and O–H groups in total. The summed E-state index contributed by atoms with van der Waals surface area (Å²) in [6, 6.07) is 24.7. The maximum atomic E-state index is 13.0. The van der Waals surface area contributed by atoms with Crippen LogP contribution in [0.25, 0.3) is 16.8 Å². The third-order valence-corrected chi connectivity index (χ3v) is 5.44. The lowest BCUT2D eigenvalue weighted by atomic mass is 10.0. The number of nitriles is 1. The van der Waals surface area contributed by atoms with E-state index in [1.54, 1.807) is 36.4 Å². The van der Waals surface area contributed by atoms with Gasteiger partial charge in [-0.25, -0.2) is 4.79 Å². The minimum absolute atomic E-state index is 0.0264. The van der Waals surface area contributed by atoms with E-state index in [-0.39, 0.29) is 28.4 Å². The highest BCUT2D eigenvalue weighted by Crippen LogP contribution is 2.30. The maximum Gasteiger partial charge on any atom is 0.344 e. The van der Waals surface area contributed by atoms with E-state index < -0.39 is 16.8 Å². The number of anilines is 1. The smallest absolute Gasteiger partial charge is 0.344 e. The van der Waals surface area contributed by atoms with Crippen LogP contribution in [0.3, 0.4) is 0 Å². The van der Waals surface area contributed by atoms with Gasteiger partial charge in [0.1, 0.15) is 23.1 Å². The third kappa shape index (κ3) is 5.44. The number of nitrogens with one attached hydrogen (secondary N) is 1. The number of benzene rings is 4. The molecule has 0 aliphatic carbocycles. The van der Waals surface area contributed by atoms with Gasteiger partial charge in [-0.1, -0.05) is 54.6 Å². The molecule has 0 fully saturated rings. The molecule has 0 unspecified atom stereocenters. The topological polar surface area (TPSA) is 132 Å². The molecule has 0 spiro atoms. The van der Waals surface area contributed by atoms with Crippen molar-refractivity contribution in [3.8, 4) is 17.6 Å². The predicted octanol–water partition coefficient (Wildman–Crippen LogP) is 5.52. The lowest BCUT2D eigenvalue weighted by Crippen LogP contribution is -2.14. The maximum absolute atomic E-state index is 13.0. The molecule has 1 amide bonds. The zero-order valence-electron chi connectivity index (χ0n) is 19.5. The van der Waals surface area contributed by atoms with E-state index in [4.69, 9.17) is 9.47 Å². The zero-order valence-corrected chi connectivity index (χ0v) is 19.5. The van der Waals surface area contributed by atoms with Crippen molar-refractivity contribution in [2.45, 2.75) is 0 Å². The monoisotopic (exact) mass is 493 g/mol. The second-order valence-electron chi connectivity index (χ2n) is 7.72. The van der Waals surface area contributed by atoms with Gasteiger partial charge in [-0.15, -0.1) is 0 Å². The van der Waals surface area contributed by atoms with Crippen LogP contribution in [-0.2, 0) is 4.79 Å². The van der Waals surface area contributed by atoms with Crippen molar-refractivity contribution < 1.29 is 24.0 Å². The number of amides is 1. The lowest BCUT2D eigenvalue weighted by Gasteiger charge is -2.11. The largest absolute Gasteiger partial charge is 0.495 e. The number of hydrogen-bond acceptors (Lipinski definition) is 7. The molecule has 0 aromatic heterocycles. The minimum Gasteiger partial charge on any atom is -0.495 e. The van der Waals surface area contributed by atoms with Crippen LogP contribution in [0.4, 0.5) is 11.4 Å². The molecule has 4 aromatic rings. The quantitative estimate of drug-likeness (QED) is 0.0895. The van der Waals surface area contributed by atoms with Gasteiger partial charge in [-0.3, -0.25) is 14.9 Å². The van der Waals surface area contributed by atoms with Gasteiger partial charge in [0.25, 0.3) is 11.6 Å². The number of non-ortho nitro benzene ring substituents is 1. The molecule has 4 aromatic carbocycles. The summed E-state index contributed by atoms with van der Waals surface area (Å²) in [5.74, 6) is -1.09. The summed E-state index contributed by atoms with van der Waals surface area (Å²) < 4.78 is 10.8. The van der Waals surface area contributed by atoms with Gasteiger partial charge in [-0.05, 0) is 35.0 Å². The van der Waals surface area contributed by atoms with Crippen LogP contribution in [0.15, 0.2) is 90.5 Å². The van der Waals surface area contributed by atoms with E-state index in [1.807, 2.05) is 36.4 Å². The Balaban J connectivity index is 1.62. The summed E-state index contributed by atoms with van der Waals surface area (Å²) in [4.78, 5) is 36.4. The standard InChI is InChI=1S/C28H19N3O6/c1-36-26-14-13-21(31(34)35)16-24(26)30-27(32)20(17-29)15-19-8-3-5-12-25(19)37-28(33)23-11-6-9-18-7-2-4-10-22(18)23/h2-16H,1H3,(H,30,32)/b20-15+. The van der Waals surface area contributed by atoms with Gasteiger partial charge in [0.15, 0.2) is 0 Å². The zero-order chi connectivity index (χ0) is 26.4. The van der Waals surface area contributed by atoms with Crippen molar-refractivity contribution in [3.05, 3.63) is 112 Å². The average Bonchev–Trinajstić information content (AvgIpc) is 2.92. The Hall–Kier alpha value is -5.49. The number of nitro benzene ring substituents is 1. The second-order valence-corrected chi connectivity index (χ2v) is 7.72. The van der Waals surface area contributed by atoms with Crippen LogP contribution < -0.4 is 14.8 Å². The molecule has 0 heterocycles. The molecule has 182 valence electrons. The Kier molecular flexibility index (Phi) is 7.21. The van der Waals surface area contributed by atoms with Gasteiger partial charge < -0.3 is 14.8 Å². The number of rotatable bonds is 7. The fraction of sp³-hybridized carbons (Fsp3) is 0.0357. The summed E-state index contributed by atoms with van der Waals surface area (Å²) in [6.07, 6.45) is 1.27. The van der Waals surface area contributed by atoms with Crippen molar-refractivity contribution in [3.63, 3.8) is 0 Å². The predicted molar refractivity (Wildman–Crippen MR) is 137 cm³/mol. The van der Waals surface area contributed by atoms with E-state index in [0.29, 0.717) is 11.1 Å². The molecule has 0 saturated heterocycles. The summed E-state index contributed by atoms with van der Waals surface area (Å²) in [6.45, 7) is 0. The number of fused-ring (bicyclic) bond motifs is 1. The van der Waals surface area contributed by atoms with Crippen molar-refractivity contribution in [2.24, 2.45) is 0 Å². The Bertz CT molecular complexity index is 1600. The highest BCUT2D eigenvalue weighted by atomic mass is 16.6. The van der Waals surface area contributed by atoms with Gasteiger partial charge in [-0.2, -0.15) is 5.26 Å². The summed E-state index contributed by atoms with van der Waals surface area (Å²) >= 11 is 0. The Morgan fingerprint density at radius 3 is 2.46 bits per heavy atom. The first-order valence-electron chi connectivity index (χ1n) is 11.0. The van der Waals surface area contributed by atoms with E-state index in [9.17, 15) is 25.0 Å². The lowest BCUT2D eigenvalue weighted by molar-refractivity contribution is -0.384. The molecular formula is C28H19N3O6. The van der Waals surface area contributed by atoms with Crippen molar-refractivity contribution >= 4 is 40.1 Å². The summed E-state index contributed by atoms with van der Waals surface area (Å²) in [5, 5.41) is 24.8. The highest BCUT2D eigenvalue weighted by molar-refractivity contribution is 6.10. The molecule has 0 atom stereocenters. The normalized spacial score (nSPS) is 10.9. The first kappa shape index (κ1) is 24.6. The fourth-order valence-corrected chi connectivity index (χ4v) is 3.65. The number of ether oxygens (including phenoxy) is 2. The molecule has 4 rings (SSSR count). The SMILES string of the molecule is COc1ccc([N+](=O)[O-])cc1NC(=O)/C(C#N)=C/c1ccccc1OC(=O)c1cccc2ccccc12. The number of esters is 1. The van der Waals surface area contributed by atoms with Crippen molar-refractivity contribution in [2.75, 3.05) is 12.4 Å². The van der Waals surface area contributed by atoms with Crippen LogP contribution in [0.1, 0.15) is 15.9 Å². The van der Waals surface area contributed by atoms with Crippen LogP contribution in [0.2, 0.25) is 0 Å². The Morgan fingerprint density at radius 2 is 1.70 bits per heavy atom. The molecule has 9 heteroatoms. The molecule has 0 aliphatic heterocycles. The van der Waals surface area contributed by atoms with Crippen LogP contribution in [-0.4, -0.2) is 23.9 Å². The van der Waals surface area contributed by atoms with Crippen LogP contribution in [0, 0.1) is 21.4 Å². The van der Waals surface area contributed by atoms with Gasteiger partial charge in [0.2, 0.25) is 0 Å². The number of methoxy groups -OCH3 is 1. The number of carbonyl (C=O) groups excluding carboxylic acids is 2. The highest BCUT2D eigenvalue weighted by Gasteiger charge is 2.18. The van der Waals surface area contributed by atoms with Crippen molar-refractivity contribution in [1.82, 2.24) is 0 Å². The van der Waals surface area contributed by atoms with Gasteiger partial charge in [0.05, 0.1) is 23.3 Å². The number of hydrogen-bond donors (Lipinski definition) is 1. The van der Waals surface area contributed by atoms with E-state index >= 15 is 0 Å². The molecule has 0 aliphatic rings. The molecule has 0 bridgehead atoms. The Labute approximate surface area is 211 Å². The molecule has 0 saturated carbocycles. The third-order valence-electron chi connectivity index (χ3n) is 5.44. The van der Waals surface area contributed by atoms with Gasteiger partial charge >= 0.3 is 5.97 Å². The first-order valence-corrected chi connectivity index (χ1v) is 11.0. The van der Waals surface area contributed by atoms with E-state index in [2.05, 4.69) is 5.32 Å². The molecule has 0 radical (unpaired) electrons. The van der Waals surface area contributed by atoms with Gasteiger partial charge in [0, 0.05) is 17.7 Å². The molecule has 9 nitrogen and oxygen atoms in total. The number of carbonyl (C=O) groups is 2. The second kappa shape index (κ2) is 10.8. The number of nitrogens with zero attached hydrogens (tertiary/aromatic N) is 2. The number of para-hydroxylation sites is 1. The van der Waals surface area contributed by atoms with Crippen molar-refractivity contribution in [1.29, 1.82) is 5.26 Å². The summed E-state index contributed by atoms with van der Waals surface area (Å²) in [7, 11) is 1.35. The fourth-order valence-electron chi connectivity index (χ4n) is 3.65. The average molecular weight is 493 g/mol. The molecular weight excluding hydrogens is 474 g/mol. The molecule has 37 heavy (non-hydrogen) atoms. The van der Waals surface area contributed by atoms with E-state index in [0.717, 1.165) is 16.8 Å². The number of nitro groups is 1. The van der Waals surface area contributed by atoms with Crippen LogP contribution in [0.5, 0.6) is 11.5 Å². The van der Waals surface area contributed by atoms with E-state index in [1.165, 1.54) is 25.3 Å². The summed E-state index contributed by atoms with van der Waals surface area (Å²) in [5.41, 5.74) is 0.131. The Morgan fingerprint density at radius 1 is 0.973 bits per heavy atom. The minimum atomic E-state index is -0.823. The van der Waals surface area contributed by atoms with Crippen LogP contribution >= 0.6 is 0 Å². The first-order chi connectivity index (χ1) is 17.9.